The Kier molecular flexibility index (Phi) is 5.74. The first-order valence-corrected chi connectivity index (χ1v) is 9.54. The van der Waals surface area contributed by atoms with Gasteiger partial charge in [0, 0.05) is 29.8 Å². The van der Waals surface area contributed by atoms with Gasteiger partial charge in [-0.05, 0) is 30.3 Å². The lowest BCUT2D eigenvalue weighted by Crippen LogP contribution is -2.26. The van der Waals surface area contributed by atoms with Gasteiger partial charge in [0.15, 0.2) is 6.79 Å². The third kappa shape index (κ3) is 4.17. The molecule has 0 fully saturated rings. The summed E-state index contributed by atoms with van der Waals surface area (Å²) in [5, 5.41) is 11.4. The average Bonchev–Trinajstić information content (AvgIpc) is 2.76. The number of rotatable bonds is 6. The highest BCUT2D eigenvalue weighted by atomic mass is 19.1. The maximum Gasteiger partial charge on any atom is 0.270 e. The summed E-state index contributed by atoms with van der Waals surface area (Å²) in [5.41, 5.74) is 3.35. The van der Waals surface area contributed by atoms with Crippen molar-refractivity contribution >= 4 is 5.69 Å². The zero-order valence-electron chi connectivity index (χ0n) is 16.5. The number of nitro groups is 1. The molecule has 0 amide bonds. The average molecular weight is 408 g/mol. The van der Waals surface area contributed by atoms with E-state index in [-0.39, 0.29) is 30.9 Å². The Bertz CT molecular complexity index is 1040. The van der Waals surface area contributed by atoms with Gasteiger partial charge in [0.1, 0.15) is 11.6 Å². The Morgan fingerprint density at radius 2 is 1.80 bits per heavy atom. The van der Waals surface area contributed by atoms with Crippen LogP contribution in [0.3, 0.4) is 0 Å². The molecule has 7 heteroatoms. The molecule has 0 N–H and O–H groups in total. The van der Waals surface area contributed by atoms with Crippen molar-refractivity contribution in [2.24, 2.45) is 0 Å². The molecular formula is C23H21FN2O4. The molecule has 1 aliphatic heterocycles. The second-order valence-electron chi connectivity index (χ2n) is 7.24. The molecular weight excluding hydrogens is 387 g/mol. The second kappa shape index (κ2) is 8.61. The first-order valence-electron chi connectivity index (χ1n) is 9.54. The molecule has 1 heterocycles. The summed E-state index contributed by atoms with van der Waals surface area (Å²) in [5.74, 6) is 0.332. The van der Waals surface area contributed by atoms with Gasteiger partial charge >= 0.3 is 0 Å². The predicted octanol–water partition coefficient (Wildman–Crippen LogP) is 4.82. The van der Waals surface area contributed by atoms with Gasteiger partial charge in [-0.3, -0.25) is 15.0 Å². The molecule has 0 bridgehead atoms. The van der Waals surface area contributed by atoms with E-state index >= 15 is 0 Å². The lowest BCUT2D eigenvalue weighted by Gasteiger charge is -2.30. The number of hydrogen-bond acceptors (Lipinski definition) is 5. The minimum atomic E-state index is -0.410. The van der Waals surface area contributed by atoms with E-state index in [2.05, 4.69) is 4.90 Å². The smallest absolute Gasteiger partial charge is 0.270 e. The lowest BCUT2D eigenvalue weighted by atomic mass is 9.96. The molecule has 1 aliphatic rings. The van der Waals surface area contributed by atoms with E-state index in [0.29, 0.717) is 23.4 Å². The van der Waals surface area contributed by atoms with Gasteiger partial charge in [-0.25, -0.2) is 4.39 Å². The Hall–Kier alpha value is -3.29. The standard InChI is InChI=1S/C23H21FN2O4/c1-25(13-18-11-21(26(27)28)12-19-14-29-15-30-23(18)19)22(16-5-3-2-4-6-16)17-7-9-20(24)10-8-17/h2-12,22H,13-15H2,1H3. The molecule has 4 rings (SSSR count). The first-order chi connectivity index (χ1) is 14.5. The van der Waals surface area contributed by atoms with Gasteiger partial charge < -0.3 is 9.47 Å². The van der Waals surface area contributed by atoms with Crippen molar-refractivity contribution in [1.82, 2.24) is 4.90 Å². The molecule has 1 atom stereocenters. The molecule has 6 nitrogen and oxygen atoms in total. The van der Waals surface area contributed by atoms with Crippen LogP contribution < -0.4 is 4.74 Å². The second-order valence-corrected chi connectivity index (χ2v) is 7.24. The number of nitro benzene ring substituents is 1. The van der Waals surface area contributed by atoms with E-state index in [0.717, 1.165) is 11.1 Å². The molecule has 3 aromatic carbocycles. The van der Waals surface area contributed by atoms with Crippen LogP contribution in [0.1, 0.15) is 28.3 Å². The maximum atomic E-state index is 13.5. The van der Waals surface area contributed by atoms with E-state index in [4.69, 9.17) is 9.47 Å². The molecule has 1 unspecified atom stereocenters. The molecule has 0 aliphatic carbocycles. The van der Waals surface area contributed by atoms with Gasteiger partial charge in [0.2, 0.25) is 0 Å². The molecule has 0 saturated carbocycles. The molecule has 0 aromatic heterocycles. The minimum absolute atomic E-state index is 0.00398. The van der Waals surface area contributed by atoms with Crippen LogP contribution in [0.4, 0.5) is 10.1 Å². The van der Waals surface area contributed by atoms with Crippen molar-refractivity contribution in [1.29, 1.82) is 0 Å². The zero-order chi connectivity index (χ0) is 21.1. The van der Waals surface area contributed by atoms with E-state index in [1.165, 1.54) is 18.2 Å². The lowest BCUT2D eigenvalue weighted by molar-refractivity contribution is -0.385. The fourth-order valence-corrected chi connectivity index (χ4v) is 3.85. The number of non-ortho nitro benzene ring substituents is 1. The van der Waals surface area contributed by atoms with Crippen LogP contribution in [0.25, 0.3) is 0 Å². The summed E-state index contributed by atoms with van der Waals surface area (Å²) in [6.07, 6.45) is 0. The van der Waals surface area contributed by atoms with Gasteiger partial charge in [-0.15, -0.1) is 0 Å². The predicted molar refractivity (Wildman–Crippen MR) is 110 cm³/mol. The summed E-state index contributed by atoms with van der Waals surface area (Å²) in [6.45, 7) is 0.788. The number of benzene rings is 3. The van der Waals surface area contributed by atoms with E-state index in [1.807, 2.05) is 37.4 Å². The van der Waals surface area contributed by atoms with Gasteiger partial charge in [0.05, 0.1) is 17.6 Å². The van der Waals surface area contributed by atoms with E-state index in [1.54, 1.807) is 18.2 Å². The highest BCUT2D eigenvalue weighted by molar-refractivity contribution is 5.50. The molecule has 30 heavy (non-hydrogen) atoms. The van der Waals surface area contributed by atoms with Crippen LogP contribution in [0, 0.1) is 15.9 Å². The van der Waals surface area contributed by atoms with Crippen molar-refractivity contribution in [3.63, 3.8) is 0 Å². The Morgan fingerprint density at radius 1 is 1.10 bits per heavy atom. The third-order valence-electron chi connectivity index (χ3n) is 5.14. The Balaban J connectivity index is 1.72. The van der Waals surface area contributed by atoms with E-state index in [9.17, 15) is 14.5 Å². The fourth-order valence-electron chi connectivity index (χ4n) is 3.85. The number of nitrogens with zero attached hydrogens (tertiary/aromatic N) is 2. The van der Waals surface area contributed by atoms with Crippen molar-refractivity contribution in [3.05, 3.63) is 105 Å². The Morgan fingerprint density at radius 3 is 2.50 bits per heavy atom. The summed E-state index contributed by atoms with van der Waals surface area (Å²) in [4.78, 5) is 13.1. The summed E-state index contributed by atoms with van der Waals surface area (Å²) in [6, 6.07) is 19.1. The normalized spacial score (nSPS) is 14.1. The van der Waals surface area contributed by atoms with E-state index < -0.39 is 4.92 Å². The molecule has 154 valence electrons. The molecule has 0 spiro atoms. The van der Waals surface area contributed by atoms with Crippen LogP contribution >= 0.6 is 0 Å². The summed E-state index contributed by atoms with van der Waals surface area (Å²) >= 11 is 0. The SMILES string of the molecule is CN(Cc1cc([N+](=O)[O-])cc2c1OCOC2)C(c1ccccc1)c1ccc(F)cc1. The number of ether oxygens (including phenoxy) is 2. The monoisotopic (exact) mass is 408 g/mol. The Labute approximate surface area is 173 Å². The molecule has 3 aromatic rings. The fraction of sp³-hybridized carbons (Fsp3) is 0.217. The highest BCUT2D eigenvalue weighted by Gasteiger charge is 2.25. The van der Waals surface area contributed by atoms with Crippen molar-refractivity contribution in [2.75, 3.05) is 13.8 Å². The van der Waals surface area contributed by atoms with Gasteiger partial charge in [-0.2, -0.15) is 0 Å². The third-order valence-corrected chi connectivity index (χ3v) is 5.14. The minimum Gasteiger partial charge on any atom is -0.467 e. The largest absolute Gasteiger partial charge is 0.467 e. The number of fused-ring (bicyclic) bond motifs is 1. The quantitative estimate of drug-likeness (QED) is 0.432. The van der Waals surface area contributed by atoms with Gasteiger partial charge in [-0.1, -0.05) is 42.5 Å². The number of halogens is 1. The first kappa shape index (κ1) is 20.0. The number of hydrogen-bond donors (Lipinski definition) is 0. The maximum absolute atomic E-state index is 13.5. The summed E-state index contributed by atoms with van der Waals surface area (Å²) in [7, 11) is 1.94. The van der Waals surface area contributed by atoms with Crippen LogP contribution in [-0.2, 0) is 17.9 Å². The molecule has 0 radical (unpaired) electrons. The van der Waals surface area contributed by atoms with Gasteiger partial charge in [0.25, 0.3) is 5.69 Å². The van der Waals surface area contributed by atoms with Crippen LogP contribution in [0.2, 0.25) is 0 Å². The zero-order valence-corrected chi connectivity index (χ0v) is 16.5. The van der Waals surface area contributed by atoms with Crippen molar-refractivity contribution in [3.8, 4) is 5.75 Å². The van der Waals surface area contributed by atoms with Crippen molar-refractivity contribution in [2.45, 2.75) is 19.2 Å². The highest BCUT2D eigenvalue weighted by Crippen LogP contribution is 2.36. The summed E-state index contributed by atoms with van der Waals surface area (Å²) < 4.78 is 24.5. The van der Waals surface area contributed by atoms with Crippen LogP contribution in [-0.4, -0.2) is 23.7 Å². The van der Waals surface area contributed by atoms with Crippen molar-refractivity contribution < 1.29 is 18.8 Å². The van der Waals surface area contributed by atoms with Crippen LogP contribution in [0.5, 0.6) is 5.75 Å². The van der Waals surface area contributed by atoms with Crippen LogP contribution in [0.15, 0.2) is 66.7 Å². The molecule has 0 saturated heterocycles. The topological polar surface area (TPSA) is 64.8 Å².